The second kappa shape index (κ2) is 15.0. The number of hydrogen-bond acceptors (Lipinski definition) is 2. The zero-order valence-electron chi connectivity index (χ0n) is 13.4. The van der Waals surface area contributed by atoms with E-state index in [1.54, 1.807) is 0 Å². The molecule has 1 N–H and O–H groups in total. The van der Waals surface area contributed by atoms with Gasteiger partial charge in [0.1, 0.15) is 5.78 Å². The number of unbranched alkanes of at least 4 members (excludes halogenated alkanes) is 4. The maximum Gasteiger partial charge on any atom is 0.303 e. The van der Waals surface area contributed by atoms with Gasteiger partial charge in [0, 0.05) is 19.3 Å². The van der Waals surface area contributed by atoms with Crippen molar-refractivity contribution in [2.24, 2.45) is 0 Å². The van der Waals surface area contributed by atoms with Gasteiger partial charge in [-0.05, 0) is 38.5 Å². The molecule has 0 atom stereocenters. The lowest BCUT2D eigenvalue weighted by molar-refractivity contribution is -0.137. The second-order valence-electron chi connectivity index (χ2n) is 5.34. The first-order valence-corrected chi connectivity index (χ1v) is 8.20. The number of hydrogen-bond donors (Lipinski definition) is 1. The zero-order chi connectivity index (χ0) is 15.8. The molecule has 120 valence electrons. The molecule has 0 aromatic carbocycles. The van der Waals surface area contributed by atoms with Crippen LogP contribution in [0, 0.1) is 0 Å². The van der Waals surface area contributed by atoms with Gasteiger partial charge in [0.15, 0.2) is 0 Å². The maximum atomic E-state index is 11.5. The monoisotopic (exact) mass is 294 g/mol. The van der Waals surface area contributed by atoms with Gasteiger partial charge in [-0.2, -0.15) is 0 Å². The number of carboxylic acids is 1. The van der Waals surface area contributed by atoms with Crippen molar-refractivity contribution in [2.45, 2.75) is 77.6 Å². The summed E-state index contributed by atoms with van der Waals surface area (Å²) in [6.45, 7) is 2.15. The van der Waals surface area contributed by atoms with Gasteiger partial charge in [-0.15, -0.1) is 0 Å². The lowest BCUT2D eigenvalue weighted by Crippen LogP contribution is -1.96. The van der Waals surface area contributed by atoms with Gasteiger partial charge in [-0.1, -0.05) is 44.1 Å². The van der Waals surface area contributed by atoms with Crippen LogP contribution in [0.1, 0.15) is 77.6 Å². The van der Waals surface area contributed by atoms with Crippen molar-refractivity contribution >= 4 is 11.8 Å². The molecular formula is C18H30O3. The van der Waals surface area contributed by atoms with Crippen molar-refractivity contribution in [3.05, 3.63) is 24.3 Å². The number of aliphatic carboxylic acids is 1. The van der Waals surface area contributed by atoms with Crippen molar-refractivity contribution in [1.82, 2.24) is 0 Å². The van der Waals surface area contributed by atoms with E-state index in [9.17, 15) is 9.59 Å². The average Bonchev–Trinajstić information content (AvgIpc) is 2.44. The van der Waals surface area contributed by atoms with E-state index in [2.05, 4.69) is 25.2 Å². The molecule has 3 heteroatoms. The van der Waals surface area contributed by atoms with Gasteiger partial charge in [0.05, 0.1) is 0 Å². The summed E-state index contributed by atoms with van der Waals surface area (Å²) in [6, 6.07) is 0. The fraction of sp³-hybridized carbons (Fsp3) is 0.667. The predicted molar refractivity (Wildman–Crippen MR) is 87.4 cm³/mol. The van der Waals surface area contributed by atoms with Crippen LogP contribution in [0.3, 0.4) is 0 Å². The van der Waals surface area contributed by atoms with Crippen LogP contribution in [0.4, 0.5) is 0 Å². The smallest absolute Gasteiger partial charge is 0.303 e. The van der Waals surface area contributed by atoms with Gasteiger partial charge in [-0.3, -0.25) is 9.59 Å². The molecule has 0 spiro atoms. The van der Waals surface area contributed by atoms with Crippen LogP contribution in [0.2, 0.25) is 0 Å². The summed E-state index contributed by atoms with van der Waals surface area (Å²) in [5, 5.41) is 8.48. The van der Waals surface area contributed by atoms with Gasteiger partial charge >= 0.3 is 5.97 Å². The number of rotatable bonds is 14. The van der Waals surface area contributed by atoms with Crippen LogP contribution < -0.4 is 0 Å². The van der Waals surface area contributed by atoms with E-state index in [0.717, 1.165) is 51.4 Å². The van der Waals surface area contributed by atoms with Crippen molar-refractivity contribution in [1.29, 1.82) is 0 Å². The minimum atomic E-state index is -0.726. The zero-order valence-corrected chi connectivity index (χ0v) is 13.4. The number of carbonyl (C=O) groups excluding carboxylic acids is 1. The highest BCUT2D eigenvalue weighted by molar-refractivity contribution is 5.78. The third-order valence-corrected chi connectivity index (χ3v) is 3.24. The Kier molecular flexibility index (Phi) is 14.0. The highest BCUT2D eigenvalue weighted by Crippen LogP contribution is 2.05. The number of carboxylic acid groups (broad SMARTS) is 1. The highest BCUT2D eigenvalue weighted by Gasteiger charge is 1.99. The summed E-state index contributed by atoms with van der Waals surface area (Å²) in [7, 11) is 0. The van der Waals surface area contributed by atoms with Gasteiger partial charge in [0.25, 0.3) is 0 Å². The molecule has 0 radical (unpaired) electrons. The Bertz CT molecular complexity index is 329. The summed E-state index contributed by atoms with van der Waals surface area (Å²) >= 11 is 0. The second-order valence-corrected chi connectivity index (χ2v) is 5.34. The minimum absolute atomic E-state index is 0.247. The Morgan fingerprint density at radius 1 is 0.762 bits per heavy atom. The summed E-state index contributed by atoms with van der Waals surface area (Å²) in [5.74, 6) is -0.345. The van der Waals surface area contributed by atoms with E-state index >= 15 is 0 Å². The normalized spacial score (nSPS) is 11.5. The summed E-state index contributed by atoms with van der Waals surface area (Å²) < 4.78 is 0. The van der Waals surface area contributed by atoms with E-state index < -0.39 is 5.97 Å². The summed E-state index contributed by atoms with van der Waals surface area (Å²) in [4.78, 5) is 21.8. The molecule has 0 heterocycles. The fourth-order valence-electron chi connectivity index (χ4n) is 1.98. The van der Waals surface area contributed by atoms with Crippen molar-refractivity contribution in [3.8, 4) is 0 Å². The van der Waals surface area contributed by atoms with Crippen LogP contribution in [0.15, 0.2) is 24.3 Å². The molecule has 0 saturated heterocycles. The molecule has 0 rings (SSSR count). The Balaban J connectivity index is 3.37. The SMILES string of the molecule is CCCCCC(=O)CC/C=C\CC/C=C/CCCC(=O)O. The standard InChI is InChI=1S/C18H30O3/c1-2-3-11-14-17(19)15-12-9-7-5-4-6-8-10-13-16-18(20)21/h6-9H,2-5,10-16H2,1H3,(H,20,21)/b8-6+,9-7-. The number of allylic oxidation sites excluding steroid dienone is 4. The predicted octanol–water partition coefficient (Wildman–Crippen LogP) is 5.06. The Morgan fingerprint density at radius 3 is 2.00 bits per heavy atom. The Labute approximate surface area is 129 Å². The summed E-state index contributed by atoms with van der Waals surface area (Å²) in [6.07, 6.45) is 17.7. The van der Waals surface area contributed by atoms with Gasteiger partial charge in [-0.25, -0.2) is 0 Å². The highest BCUT2D eigenvalue weighted by atomic mass is 16.4. The van der Waals surface area contributed by atoms with E-state index in [4.69, 9.17) is 5.11 Å². The van der Waals surface area contributed by atoms with Crippen LogP contribution in [0.25, 0.3) is 0 Å². The lowest BCUT2D eigenvalue weighted by atomic mass is 10.1. The fourth-order valence-corrected chi connectivity index (χ4v) is 1.98. The molecule has 0 aromatic heterocycles. The first-order valence-electron chi connectivity index (χ1n) is 8.20. The molecule has 0 amide bonds. The van der Waals surface area contributed by atoms with E-state index in [0.29, 0.717) is 18.6 Å². The first-order chi connectivity index (χ1) is 10.2. The van der Waals surface area contributed by atoms with Crippen molar-refractivity contribution in [3.63, 3.8) is 0 Å². The molecular weight excluding hydrogens is 264 g/mol. The molecule has 0 bridgehead atoms. The Hall–Kier alpha value is -1.38. The van der Waals surface area contributed by atoms with E-state index in [-0.39, 0.29) is 6.42 Å². The molecule has 0 unspecified atom stereocenters. The van der Waals surface area contributed by atoms with Crippen LogP contribution in [-0.2, 0) is 9.59 Å². The number of carbonyl (C=O) groups is 2. The minimum Gasteiger partial charge on any atom is -0.481 e. The Morgan fingerprint density at radius 2 is 1.38 bits per heavy atom. The molecule has 0 saturated carbocycles. The average molecular weight is 294 g/mol. The quantitative estimate of drug-likeness (QED) is 0.360. The molecule has 0 aliphatic carbocycles. The number of ketones is 1. The lowest BCUT2D eigenvalue weighted by Gasteiger charge is -1.97. The van der Waals surface area contributed by atoms with Crippen LogP contribution in [0.5, 0.6) is 0 Å². The molecule has 0 aliphatic rings. The van der Waals surface area contributed by atoms with Crippen LogP contribution >= 0.6 is 0 Å². The third kappa shape index (κ3) is 16.6. The maximum absolute atomic E-state index is 11.5. The van der Waals surface area contributed by atoms with Crippen LogP contribution in [-0.4, -0.2) is 16.9 Å². The first kappa shape index (κ1) is 19.6. The van der Waals surface area contributed by atoms with Gasteiger partial charge in [0.2, 0.25) is 0 Å². The third-order valence-electron chi connectivity index (χ3n) is 3.24. The van der Waals surface area contributed by atoms with Crippen molar-refractivity contribution < 1.29 is 14.7 Å². The molecule has 0 aliphatic heterocycles. The largest absolute Gasteiger partial charge is 0.481 e. The topological polar surface area (TPSA) is 54.4 Å². The number of Topliss-reactive ketones (excluding diaryl/α,β-unsaturated/α-hetero) is 1. The molecule has 0 aromatic rings. The van der Waals surface area contributed by atoms with E-state index in [1.807, 2.05) is 6.08 Å². The van der Waals surface area contributed by atoms with Gasteiger partial charge < -0.3 is 5.11 Å². The molecule has 3 nitrogen and oxygen atoms in total. The molecule has 0 fully saturated rings. The van der Waals surface area contributed by atoms with E-state index in [1.165, 1.54) is 0 Å². The van der Waals surface area contributed by atoms with Crippen molar-refractivity contribution in [2.75, 3.05) is 0 Å². The molecule has 21 heavy (non-hydrogen) atoms. The summed E-state index contributed by atoms with van der Waals surface area (Å²) in [5.41, 5.74) is 0.